The maximum absolute atomic E-state index is 13.1. The SMILES string of the molecule is CC/C=C\C/C=C\C/C=C\C/C=C\C/C=C\CCCCCCCCCCCCCCCCCCCC(=O)OCC(O)COP(=O)(O)OCC(O)COP(=O)(O)OCC(COC(=O)CCCCCCCCCCCCCCCCC/C=C\C/C=C\C/C=C\C/C=C\CCCCC)OC(=O)CCCCCCCCCCC/C=C\C/C=C\C/C=C\C/C=C\CCCCC. The monoisotopic (exact) mass is 1790 g/mol. The van der Waals surface area contributed by atoms with E-state index < -0.39 is 91.5 Å². The van der Waals surface area contributed by atoms with E-state index in [0.29, 0.717) is 19.3 Å². The Labute approximate surface area is 765 Å². The second-order valence-electron chi connectivity index (χ2n) is 33.9. The number of carbonyl (C=O) groups is 3. The van der Waals surface area contributed by atoms with Crippen molar-refractivity contribution in [1.29, 1.82) is 0 Å². The van der Waals surface area contributed by atoms with Crippen LogP contribution in [0.15, 0.2) is 158 Å². The molecule has 4 N–H and O–H groups in total. The first-order valence-corrected chi connectivity index (χ1v) is 53.8. The largest absolute Gasteiger partial charge is 0.472 e. The van der Waals surface area contributed by atoms with Crippen LogP contribution in [0.25, 0.3) is 0 Å². The molecule has 0 spiro atoms. The average molecular weight is 1790 g/mol. The molecule has 0 aliphatic heterocycles. The average Bonchev–Trinajstić information content (AvgIpc) is 0.902. The minimum atomic E-state index is -4.95. The van der Waals surface area contributed by atoms with Crippen molar-refractivity contribution < 1.29 is 75.8 Å². The number of aliphatic hydroxyl groups excluding tert-OH is 2. The summed E-state index contributed by atoms with van der Waals surface area (Å²) in [4.78, 5) is 59.2. The number of unbranched alkanes of at least 4 members (excludes halogenated alkanes) is 47. The van der Waals surface area contributed by atoms with Crippen LogP contribution in [0.5, 0.6) is 0 Å². The Bertz CT molecular complexity index is 2900. The van der Waals surface area contributed by atoms with E-state index in [1.165, 1.54) is 244 Å². The van der Waals surface area contributed by atoms with Gasteiger partial charge in [0, 0.05) is 19.3 Å². The lowest BCUT2D eigenvalue weighted by molar-refractivity contribution is -0.161. The summed E-state index contributed by atoms with van der Waals surface area (Å²) in [6.45, 7) is 2.59. The van der Waals surface area contributed by atoms with Gasteiger partial charge in [0.25, 0.3) is 0 Å². The predicted octanol–water partition coefficient (Wildman–Crippen LogP) is 32.0. The fourth-order valence-corrected chi connectivity index (χ4v) is 15.6. The van der Waals surface area contributed by atoms with Crippen molar-refractivity contribution in [2.75, 3.05) is 39.6 Å². The number of ether oxygens (including phenoxy) is 3. The number of hydrogen-bond acceptors (Lipinski definition) is 14. The maximum Gasteiger partial charge on any atom is 0.472 e. The van der Waals surface area contributed by atoms with Gasteiger partial charge in [0.2, 0.25) is 0 Å². The molecular weight excluding hydrogens is 1600 g/mol. The summed E-state index contributed by atoms with van der Waals surface area (Å²) < 4.78 is 61.7. The van der Waals surface area contributed by atoms with E-state index in [1.807, 2.05) is 0 Å². The molecule has 5 atom stereocenters. The number of phosphoric ester groups is 2. The first-order valence-electron chi connectivity index (χ1n) is 50.8. The summed E-state index contributed by atoms with van der Waals surface area (Å²) >= 11 is 0. The summed E-state index contributed by atoms with van der Waals surface area (Å²) in [7, 11) is -9.82. The van der Waals surface area contributed by atoms with Crippen LogP contribution in [0.1, 0.15) is 445 Å². The molecule has 0 aromatic carbocycles. The van der Waals surface area contributed by atoms with E-state index in [1.54, 1.807) is 0 Å². The highest BCUT2D eigenvalue weighted by molar-refractivity contribution is 7.47. The molecule has 125 heavy (non-hydrogen) atoms. The summed E-state index contributed by atoms with van der Waals surface area (Å²) in [5.74, 6) is -1.56. The van der Waals surface area contributed by atoms with Gasteiger partial charge in [-0.1, -0.05) is 429 Å². The number of hydrogen-bond donors (Lipinski definition) is 4. The van der Waals surface area contributed by atoms with Crippen LogP contribution in [-0.2, 0) is 55.8 Å². The number of esters is 3. The molecule has 0 aliphatic carbocycles. The van der Waals surface area contributed by atoms with Gasteiger partial charge >= 0.3 is 33.6 Å². The zero-order valence-corrected chi connectivity index (χ0v) is 81.5. The second kappa shape index (κ2) is 98.2. The van der Waals surface area contributed by atoms with E-state index in [-0.39, 0.29) is 19.3 Å². The minimum Gasteiger partial charge on any atom is -0.463 e. The Morgan fingerprint density at radius 2 is 0.424 bits per heavy atom. The molecule has 0 saturated carbocycles. The molecule has 0 rings (SSSR count). The van der Waals surface area contributed by atoms with Gasteiger partial charge < -0.3 is 34.2 Å². The quantitative estimate of drug-likeness (QED) is 0.0146. The van der Waals surface area contributed by atoms with Crippen LogP contribution in [-0.4, -0.2) is 95.9 Å². The summed E-state index contributed by atoms with van der Waals surface area (Å²) in [6, 6.07) is 0. The lowest BCUT2D eigenvalue weighted by atomic mass is 10.0. The van der Waals surface area contributed by atoms with Gasteiger partial charge in [-0.05, 0) is 154 Å². The third-order valence-electron chi connectivity index (χ3n) is 21.7. The van der Waals surface area contributed by atoms with E-state index in [9.17, 15) is 43.5 Å². The van der Waals surface area contributed by atoms with Gasteiger partial charge in [-0.15, -0.1) is 0 Å². The molecule has 0 heterocycles. The number of carbonyl (C=O) groups excluding carboxylic acids is 3. The van der Waals surface area contributed by atoms with Gasteiger partial charge in [0.1, 0.15) is 25.4 Å². The number of allylic oxidation sites excluding steroid dienone is 26. The summed E-state index contributed by atoms with van der Waals surface area (Å²) in [6.07, 6.45) is 127. The van der Waals surface area contributed by atoms with Gasteiger partial charge in [0.05, 0.1) is 26.4 Å². The van der Waals surface area contributed by atoms with Crippen molar-refractivity contribution in [3.05, 3.63) is 158 Å². The normalized spacial score (nSPS) is 14.3. The van der Waals surface area contributed by atoms with Gasteiger partial charge in [-0.2, -0.15) is 0 Å². The zero-order chi connectivity index (χ0) is 90.7. The molecular formula is C107H186O16P2. The molecule has 720 valence electrons. The van der Waals surface area contributed by atoms with Crippen LogP contribution >= 0.6 is 15.6 Å². The van der Waals surface area contributed by atoms with Gasteiger partial charge in [-0.3, -0.25) is 32.5 Å². The van der Waals surface area contributed by atoms with Crippen molar-refractivity contribution in [2.45, 2.75) is 463 Å². The fourth-order valence-electron chi connectivity index (χ4n) is 14.0. The standard InChI is InChI=1S/C107H186O16P2/c1-4-7-10-13-16-19-22-25-28-31-34-37-40-43-45-47-49-50-52-54-55-58-60-63-66-69-72-75-78-81-84-87-90-93-105(110)117-96-102(108)97-119-124(113,114)120-98-103(109)99-121-125(115,116)122-101-104(123-107(112)95-92-89-86-83-80-77-74-71-68-65-62-57-42-39-36-33-30-27-24-21-18-15-12-9-6-3)100-118-106(111)94-91-88-85-82-79-76-73-70-67-64-61-59-56-53-51-48-46-44-41-38-35-32-29-26-23-20-17-14-11-8-5-2/h7,10,16-21,25-30,34-39,43-46,57,62,102-104,108-109H,4-6,8-9,11-15,22-24,31-33,40-42,47-56,58-61,63-101H2,1-3H3,(H,113,114)(H,115,116)/b10-7-,19-16-,20-17-,21-18-,28-25-,29-26-,30-27-,37-34-,38-35-,39-36-,45-43-,46-44-,62-57-. The van der Waals surface area contributed by atoms with Crippen molar-refractivity contribution in [2.24, 2.45) is 0 Å². The topological polar surface area (TPSA) is 231 Å². The zero-order valence-electron chi connectivity index (χ0n) is 79.7. The molecule has 0 aromatic heterocycles. The Morgan fingerprint density at radius 1 is 0.232 bits per heavy atom. The Hall–Kier alpha value is -4.83. The lowest BCUT2D eigenvalue weighted by Gasteiger charge is -2.21. The molecule has 0 aliphatic rings. The third kappa shape index (κ3) is 99.6. The van der Waals surface area contributed by atoms with Crippen LogP contribution in [0.4, 0.5) is 0 Å². The first-order chi connectivity index (χ1) is 61.2. The number of aliphatic hydroxyl groups is 2. The first kappa shape index (κ1) is 120. The van der Waals surface area contributed by atoms with Crippen molar-refractivity contribution in [1.82, 2.24) is 0 Å². The second-order valence-corrected chi connectivity index (χ2v) is 36.8. The molecule has 0 fully saturated rings. The van der Waals surface area contributed by atoms with Crippen LogP contribution in [0, 0.1) is 0 Å². The third-order valence-corrected chi connectivity index (χ3v) is 23.6. The van der Waals surface area contributed by atoms with Gasteiger partial charge in [-0.25, -0.2) is 9.13 Å². The Balaban J connectivity index is 4.59. The van der Waals surface area contributed by atoms with Crippen LogP contribution in [0.3, 0.4) is 0 Å². The van der Waals surface area contributed by atoms with E-state index in [2.05, 4.69) is 179 Å². The van der Waals surface area contributed by atoms with Crippen molar-refractivity contribution in [3.8, 4) is 0 Å². The molecule has 0 amide bonds. The van der Waals surface area contributed by atoms with Crippen molar-refractivity contribution >= 4 is 33.6 Å². The molecule has 0 aromatic rings. The van der Waals surface area contributed by atoms with Crippen LogP contribution in [0.2, 0.25) is 0 Å². The Morgan fingerprint density at radius 3 is 0.672 bits per heavy atom. The highest BCUT2D eigenvalue weighted by Crippen LogP contribution is 2.45. The highest BCUT2D eigenvalue weighted by atomic mass is 31.2. The highest BCUT2D eigenvalue weighted by Gasteiger charge is 2.30. The summed E-state index contributed by atoms with van der Waals surface area (Å²) in [5, 5.41) is 20.8. The Kier molecular flexibility index (Phi) is 94.4. The predicted molar refractivity (Wildman–Crippen MR) is 528 cm³/mol. The van der Waals surface area contributed by atoms with E-state index >= 15 is 0 Å². The maximum atomic E-state index is 13.1. The molecule has 0 radical (unpaired) electrons. The lowest BCUT2D eigenvalue weighted by Crippen LogP contribution is -2.30. The smallest absolute Gasteiger partial charge is 0.463 e. The van der Waals surface area contributed by atoms with E-state index in [0.717, 1.165) is 141 Å². The number of phosphoric acid groups is 2. The molecule has 5 unspecified atom stereocenters. The molecule has 18 heteroatoms. The van der Waals surface area contributed by atoms with Gasteiger partial charge in [0.15, 0.2) is 6.10 Å². The van der Waals surface area contributed by atoms with E-state index in [4.69, 9.17) is 32.3 Å². The number of rotatable bonds is 96. The minimum absolute atomic E-state index is 0.0958. The van der Waals surface area contributed by atoms with Crippen molar-refractivity contribution in [3.63, 3.8) is 0 Å². The van der Waals surface area contributed by atoms with Crippen LogP contribution < -0.4 is 0 Å². The molecule has 16 nitrogen and oxygen atoms in total. The summed E-state index contributed by atoms with van der Waals surface area (Å²) in [5.41, 5.74) is 0. The fraction of sp³-hybridized carbons (Fsp3) is 0.729. The molecule has 0 bridgehead atoms. The molecule has 0 saturated heterocycles.